The molecule has 0 bridgehead atoms. The second-order valence-corrected chi connectivity index (χ2v) is 3.09. The zero-order valence-corrected chi connectivity index (χ0v) is 7.34. The van der Waals surface area contributed by atoms with E-state index in [-0.39, 0.29) is 5.75 Å². The summed E-state index contributed by atoms with van der Waals surface area (Å²) >= 11 is 1.27. The first-order chi connectivity index (χ1) is 5.74. The molecule has 0 aromatic carbocycles. The monoisotopic (exact) mass is 187 g/mol. The fraction of sp³-hybridized carbons (Fsp3) is 0.333. The van der Waals surface area contributed by atoms with Crippen molar-refractivity contribution in [1.82, 2.24) is 15.0 Å². The molecule has 0 spiro atoms. The van der Waals surface area contributed by atoms with E-state index in [1.54, 1.807) is 22.4 Å². The SMILES string of the molecule is Cn1ccnc1SCC(=O)NO. The van der Waals surface area contributed by atoms with Crippen molar-refractivity contribution in [3.63, 3.8) is 0 Å². The van der Waals surface area contributed by atoms with Gasteiger partial charge in [0.2, 0.25) is 0 Å². The van der Waals surface area contributed by atoms with Crippen LogP contribution >= 0.6 is 11.8 Å². The number of thioether (sulfide) groups is 1. The maximum Gasteiger partial charge on any atom is 0.253 e. The van der Waals surface area contributed by atoms with Crippen LogP contribution < -0.4 is 5.48 Å². The van der Waals surface area contributed by atoms with E-state index < -0.39 is 5.91 Å². The molecule has 0 aliphatic rings. The average molecular weight is 187 g/mol. The second-order valence-electron chi connectivity index (χ2n) is 2.14. The van der Waals surface area contributed by atoms with E-state index in [0.29, 0.717) is 0 Å². The van der Waals surface area contributed by atoms with Gasteiger partial charge >= 0.3 is 0 Å². The van der Waals surface area contributed by atoms with Gasteiger partial charge in [-0.2, -0.15) is 0 Å². The molecule has 2 N–H and O–H groups in total. The molecule has 1 amide bonds. The van der Waals surface area contributed by atoms with Gasteiger partial charge in [0.05, 0.1) is 5.75 Å². The molecular weight excluding hydrogens is 178 g/mol. The highest BCUT2D eigenvalue weighted by atomic mass is 32.2. The Morgan fingerprint density at radius 2 is 2.67 bits per heavy atom. The first kappa shape index (κ1) is 9.08. The summed E-state index contributed by atoms with van der Waals surface area (Å²) in [6.45, 7) is 0. The molecule has 0 saturated carbocycles. The Bertz CT molecular complexity index is 274. The third kappa shape index (κ3) is 2.24. The van der Waals surface area contributed by atoms with Crippen LogP contribution in [0.5, 0.6) is 0 Å². The van der Waals surface area contributed by atoms with Crippen LogP contribution in [0.25, 0.3) is 0 Å². The minimum atomic E-state index is -0.428. The summed E-state index contributed by atoms with van der Waals surface area (Å²) in [5.74, 6) is -0.260. The standard InChI is InChI=1S/C6H9N3O2S/c1-9-3-2-7-6(9)12-4-5(10)8-11/h2-3,11H,4H2,1H3,(H,8,10). The lowest BCUT2D eigenvalue weighted by molar-refractivity contribution is -0.126. The predicted octanol–water partition coefficient (Wildman–Crippen LogP) is 0.0176. The van der Waals surface area contributed by atoms with E-state index in [2.05, 4.69) is 4.98 Å². The molecule has 0 unspecified atom stereocenters. The predicted molar refractivity (Wildman–Crippen MR) is 43.9 cm³/mol. The largest absolute Gasteiger partial charge is 0.329 e. The van der Waals surface area contributed by atoms with Crippen molar-refractivity contribution in [2.45, 2.75) is 5.16 Å². The number of carbonyl (C=O) groups is 1. The highest BCUT2D eigenvalue weighted by Crippen LogP contribution is 2.13. The molecule has 0 atom stereocenters. The van der Waals surface area contributed by atoms with Gasteiger partial charge in [0.25, 0.3) is 5.91 Å². The van der Waals surface area contributed by atoms with Crippen LogP contribution in [-0.2, 0) is 11.8 Å². The number of amides is 1. The maximum absolute atomic E-state index is 10.6. The first-order valence-corrected chi connectivity index (χ1v) is 4.25. The van der Waals surface area contributed by atoms with Crippen LogP contribution in [0.4, 0.5) is 0 Å². The summed E-state index contributed by atoms with van der Waals surface area (Å²) in [6.07, 6.45) is 3.44. The normalized spacial score (nSPS) is 9.83. The third-order valence-electron chi connectivity index (χ3n) is 1.23. The number of hydrogen-bond donors (Lipinski definition) is 2. The van der Waals surface area contributed by atoms with E-state index >= 15 is 0 Å². The summed E-state index contributed by atoms with van der Waals surface area (Å²) in [4.78, 5) is 14.6. The van der Waals surface area contributed by atoms with E-state index in [1.807, 2.05) is 7.05 Å². The topological polar surface area (TPSA) is 67.2 Å². The van der Waals surface area contributed by atoms with Gasteiger partial charge in [-0.3, -0.25) is 10.0 Å². The van der Waals surface area contributed by atoms with Crippen molar-refractivity contribution in [3.05, 3.63) is 12.4 Å². The Morgan fingerprint density at radius 1 is 1.92 bits per heavy atom. The lowest BCUT2D eigenvalue weighted by Gasteiger charge is -1.99. The molecule has 66 valence electrons. The zero-order valence-electron chi connectivity index (χ0n) is 6.52. The summed E-state index contributed by atoms with van der Waals surface area (Å²) in [6, 6.07) is 0. The fourth-order valence-electron chi connectivity index (χ4n) is 0.653. The van der Waals surface area contributed by atoms with Gasteiger partial charge in [-0.25, -0.2) is 10.5 Å². The van der Waals surface area contributed by atoms with Crippen molar-refractivity contribution in [3.8, 4) is 0 Å². The molecule has 0 radical (unpaired) electrons. The van der Waals surface area contributed by atoms with Gasteiger partial charge in [0.1, 0.15) is 0 Å². The lowest BCUT2D eigenvalue weighted by Crippen LogP contribution is -2.20. The average Bonchev–Trinajstić information content (AvgIpc) is 2.47. The van der Waals surface area contributed by atoms with E-state index in [1.165, 1.54) is 11.8 Å². The third-order valence-corrected chi connectivity index (χ3v) is 2.29. The maximum atomic E-state index is 10.6. The van der Waals surface area contributed by atoms with Crippen molar-refractivity contribution >= 4 is 17.7 Å². The van der Waals surface area contributed by atoms with Crippen LogP contribution in [-0.4, -0.2) is 26.4 Å². The number of imidazole rings is 1. The van der Waals surface area contributed by atoms with Crippen molar-refractivity contribution in [2.24, 2.45) is 7.05 Å². The van der Waals surface area contributed by atoms with Gasteiger partial charge in [0.15, 0.2) is 5.16 Å². The van der Waals surface area contributed by atoms with Crippen LogP contribution in [0.2, 0.25) is 0 Å². The van der Waals surface area contributed by atoms with Gasteiger partial charge in [-0.15, -0.1) is 0 Å². The quantitative estimate of drug-likeness (QED) is 0.397. The molecule has 0 aliphatic heterocycles. The molecule has 6 heteroatoms. The Kier molecular flexibility index (Phi) is 3.12. The van der Waals surface area contributed by atoms with Crippen molar-refractivity contribution in [2.75, 3.05) is 5.75 Å². The lowest BCUT2D eigenvalue weighted by atomic mass is 10.8. The van der Waals surface area contributed by atoms with Gasteiger partial charge < -0.3 is 4.57 Å². The number of hydroxylamine groups is 1. The summed E-state index contributed by atoms with van der Waals surface area (Å²) in [5.41, 5.74) is 1.55. The molecule has 1 rings (SSSR count). The van der Waals surface area contributed by atoms with E-state index in [9.17, 15) is 4.79 Å². The van der Waals surface area contributed by atoms with Crippen LogP contribution in [0.15, 0.2) is 17.6 Å². The highest BCUT2D eigenvalue weighted by Gasteiger charge is 2.03. The van der Waals surface area contributed by atoms with E-state index in [4.69, 9.17) is 5.21 Å². The summed E-state index contributed by atoms with van der Waals surface area (Å²) in [7, 11) is 1.84. The molecule has 0 aliphatic carbocycles. The number of rotatable bonds is 3. The van der Waals surface area contributed by atoms with Crippen molar-refractivity contribution < 1.29 is 10.0 Å². The minimum absolute atomic E-state index is 0.168. The van der Waals surface area contributed by atoms with Crippen molar-refractivity contribution in [1.29, 1.82) is 0 Å². The van der Waals surface area contributed by atoms with Gasteiger partial charge in [-0.05, 0) is 0 Å². The minimum Gasteiger partial charge on any atom is -0.329 e. The van der Waals surface area contributed by atoms with Gasteiger partial charge in [-0.1, -0.05) is 11.8 Å². The molecule has 1 aromatic rings. The second kappa shape index (κ2) is 4.13. The Balaban J connectivity index is 2.43. The molecule has 1 aromatic heterocycles. The number of nitrogens with zero attached hydrogens (tertiary/aromatic N) is 2. The van der Waals surface area contributed by atoms with E-state index in [0.717, 1.165) is 5.16 Å². The van der Waals surface area contributed by atoms with Crippen LogP contribution in [0.3, 0.4) is 0 Å². The highest BCUT2D eigenvalue weighted by molar-refractivity contribution is 7.99. The summed E-state index contributed by atoms with van der Waals surface area (Å²) < 4.78 is 1.80. The van der Waals surface area contributed by atoms with Crippen LogP contribution in [0.1, 0.15) is 0 Å². The molecular formula is C6H9N3O2S. The fourth-order valence-corrected chi connectivity index (χ4v) is 1.38. The summed E-state index contributed by atoms with van der Waals surface area (Å²) in [5, 5.41) is 8.94. The number of aryl methyl sites for hydroxylation is 1. The molecule has 5 nitrogen and oxygen atoms in total. The Hall–Kier alpha value is -1.01. The zero-order chi connectivity index (χ0) is 8.97. The molecule has 0 saturated heterocycles. The molecule has 0 fully saturated rings. The smallest absolute Gasteiger partial charge is 0.253 e. The molecule has 12 heavy (non-hydrogen) atoms. The first-order valence-electron chi connectivity index (χ1n) is 3.27. The number of carbonyl (C=O) groups excluding carboxylic acids is 1. The van der Waals surface area contributed by atoms with Crippen LogP contribution in [0, 0.1) is 0 Å². The van der Waals surface area contributed by atoms with Gasteiger partial charge in [0, 0.05) is 19.4 Å². The number of aromatic nitrogens is 2. The number of hydrogen-bond acceptors (Lipinski definition) is 4. The Morgan fingerprint density at radius 3 is 3.17 bits per heavy atom. The Labute approximate surface area is 73.7 Å². The number of nitrogens with one attached hydrogen (secondary N) is 1. The molecule has 1 heterocycles.